The third-order valence-electron chi connectivity index (χ3n) is 5.81. The lowest BCUT2D eigenvalue weighted by Gasteiger charge is -2.48. The van der Waals surface area contributed by atoms with Crippen molar-refractivity contribution in [3.05, 3.63) is 71.5 Å². The number of amides is 2. The van der Waals surface area contributed by atoms with E-state index in [1.807, 2.05) is 6.07 Å². The van der Waals surface area contributed by atoms with Crippen LogP contribution >= 0.6 is 0 Å². The Kier molecular flexibility index (Phi) is 6.10. The van der Waals surface area contributed by atoms with Gasteiger partial charge in [-0.05, 0) is 48.0 Å². The van der Waals surface area contributed by atoms with Gasteiger partial charge in [0.15, 0.2) is 14.4 Å². The smallest absolute Gasteiger partial charge is 0.261 e. The molecule has 0 aliphatic carbocycles. The minimum atomic E-state index is -2.05. The molecule has 4 nitrogen and oxygen atoms in total. The highest BCUT2D eigenvalue weighted by Gasteiger charge is 2.54. The number of halogens is 1. The van der Waals surface area contributed by atoms with Crippen molar-refractivity contribution in [2.45, 2.75) is 51.0 Å². The fourth-order valence-corrected chi connectivity index (χ4v) is 6.55. The van der Waals surface area contributed by atoms with E-state index in [0.717, 1.165) is 18.1 Å². The normalized spacial score (nSPS) is 19.4. The molecule has 6 heteroatoms. The number of likely N-dealkylation sites (tertiary alicyclic amines) is 1. The SMILES string of the molecule is CC[Si](CC)(CC)OC1C(=O)N(C(=O)c2ccccc2)C1c1ccc(F)cc1. The first-order valence-corrected chi connectivity index (χ1v) is 12.3. The number of nitrogens with zero attached hydrogens (tertiary/aromatic N) is 1. The molecule has 0 radical (unpaired) electrons. The Labute approximate surface area is 166 Å². The molecule has 1 aliphatic rings. The molecule has 3 rings (SSSR count). The topological polar surface area (TPSA) is 46.6 Å². The van der Waals surface area contributed by atoms with Gasteiger partial charge >= 0.3 is 0 Å². The van der Waals surface area contributed by atoms with Crippen LogP contribution in [0.5, 0.6) is 0 Å². The van der Waals surface area contributed by atoms with Crippen LogP contribution in [0.2, 0.25) is 18.1 Å². The number of carbonyl (C=O) groups is 2. The largest absolute Gasteiger partial charge is 0.403 e. The molecule has 1 heterocycles. The van der Waals surface area contributed by atoms with Gasteiger partial charge in [-0.25, -0.2) is 4.39 Å². The number of rotatable bonds is 7. The molecule has 1 saturated heterocycles. The molecule has 0 bridgehead atoms. The van der Waals surface area contributed by atoms with E-state index in [0.29, 0.717) is 11.1 Å². The monoisotopic (exact) mass is 399 g/mol. The summed E-state index contributed by atoms with van der Waals surface area (Å²) in [5, 5.41) is 0. The number of benzene rings is 2. The van der Waals surface area contributed by atoms with Gasteiger partial charge < -0.3 is 4.43 Å². The molecule has 0 aromatic heterocycles. The van der Waals surface area contributed by atoms with Crippen LogP contribution in [0.1, 0.15) is 42.7 Å². The van der Waals surface area contributed by atoms with Crippen molar-refractivity contribution in [1.82, 2.24) is 4.90 Å². The lowest BCUT2D eigenvalue weighted by Crippen LogP contribution is -2.64. The second kappa shape index (κ2) is 8.37. The highest BCUT2D eigenvalue weighted by atomic mass is 28.4. The van der Waals surface area contributed by atoms with Gasteiger partial charge in [0.05, 0.1) is 6.04 Å². The minimum Gasteiger partial charge on any atom is -0.403 e. The molecule has 0 spiro atoms. The van der Waals surface area contributed by atoms with Gasteiger partial charge in [-0.15, -0.1) is 0 Å². The van der Waals surface area contributed by atoms with Crippen LogP contribution < -0.4 is 0 Å². The van der Waals surface area contributed by atoms with E-state index >= 15 is 0 Å². The molecular formula is C22H26FNO3Si. The molecule has 1 fully saturated rings. The van der Waals surface area contributed by atoms with Crippen molar-refractivity contribution in [2.75, 3.05) is 0 Å². The quantitative estimate of drug-likeness (QED) is 0.376. The van der Waals surface area contributed by atoms with Gasteiger partial charge in [-0.3, -0.25) is 14.5 Å². The number of hydrogen-bond donors (Lipinski definition) is 0. The van der Waals surface area contributed by atoms with Crippen LogP contribution in [-0.2, 0) is 9.22 Å². The summed E-state index contributed by atoms with van der Waals surface area (Å²) in [7, 11) is -2.05. The van der Waals surface area contributed by atoms with Crippen LogP contribution in [0.15, 0.2) is 54.6 Å². The van der Waals surface area contributed by atoms with Crippen molar-refractivity contribution < 1.29 is 18.4 Å². The number of hydrogen-bond acceptors (Lipinski definition) is 3. The van der Waals surface area contributed by atoms with Crippen LogP contribution in [0.3, 0.4) is 0 Å². The maximum absolute atomic E-state index is 13.4. The molecule has 2 unspecified atom stereocenters. The summed E-state index contributed by atoms with van der Waals surface area (Å²) in [6.45, 7) is 6.30. The Bertz CT molecular complexity index is 828. The van der Waals surface area contributed by atoms with Crippen molar-refractivity contribution >= 4 is 20.1 Å². The zero-order valence-corrected chi connectivity index (χ0v) is 17.5. The fourth-order valence-electron chi connectivity index (χ4n) is 3.78. The maximum atomic E-state index is 13.4. The summed E-state index contributed by atoms with van der Waals surface area (Å²) in [6, 6.07) is 16.9. The molecule has 2 amide bonds. The van der Waals surface area contributed by atoms with Crippen molar-refractivity contribution in [1.29, 1.82) is 0 Å². The second-order valence-corrected chi connectivity index (χ2v) is 11.9. The number of carbonyl (C=O) groups excluding carboxylic acids is 2. The lowest BCUT2D eigenvalue weighted by molar-refractivity contribution is -0.158. The summed E-state index contributed by atoms with van der Waals surface area (Å²) in [4.78, 5) is 27.2. The van der Waals surface area contributed by atoms with E-state index in [1.165, 1.54) is 17.0 Å². The third kappa shape index (κ3) is 3.66. The summed E-state index contributed by atoms with van der Waals surface area (Å²) in [5.41, 5.74) is 1.16. The lowest BCUT2D eigenvalue weighted by atomic mass is 9.90. The van der Waals surface area contributed by atoms with E-state index in [4.69, 9.17) is 4.43 Å². The Morgan fingerprint density at radius 2 is 1.57 bits per heavy atom. The van der Waals surface area contributed by atoms with Crippen LogP contribution in [0, 0.1) is 5.82 Å². The second-order valence-electron chi connectivity index (χ2n) is 7.16. The predicted octanol–water partition coefficient (Wildman–Crippen LogP) is 4.94. The first-order valence-electron chi connectivity index (χ1n) is 9.82. The van der Waals surface area contributed by atoms with Gasteiger partial charge in [0.25, 0.3) is 11.8 Å². The number of β-lactam (4-membered cyclic amide) rings is 1. The van der Waals surface area contributed by atoms with Crippen molar-refractivity contribution in [3.8, 4) is 0 Å². The first-order chi connectivity index (χ1) is 13.5. The molecule has 0 N–H and O–H groups in total. The highest BCUT2D eigenvalue weighted by Crippen LogP contribution is 2.41. The van der Waals surface area contributed by atoms with E-state index < -0.39 is 20.5 Å². The summed E-state index contributed by atoms with van der Waals surface area (Å²) in [6.07, 6.45) is -0.690. The van der Waals surface area contributed by atoms with Gasteiger partial charge in [0.2, 0.25) is 0 Å². The van der Waals surface area contributed by atoms with Crippen LogP contribution in [0.4, 0.5) is 4.39 Å². The fraction of sp³-hybridized carbons (Fsp3) is 0.364. The summed E-state index contributed by atoms with van der Waals surface area (Å²) < 4.78 is 19.9. The van der Waals surface area contributed by atoms with Crippen LogP contribution in [0.25, 0.3) is 0 Å². The minimum absolute atomic E-state index is 0.310. The van der Waals surface area contributed by atoms with Gasteiger partial charge in [-0.1, -0.05) is 51.1 Å². The van der Waals surface area contributed by atoms with E-state index in [-0.39, 0.29) is 17.6 Å². The van der Waals surface area contributed by atoms with Crippen LogP contribution in [-0.4, -0.2) is 31.1 Å². The summed E-state index contributed by atoms with van der Waals surface area (Å²) in [5.74, 6) is -1.01. The molecular weight excluding hydrogens is 373 g/mol. The standard InChI is InChI=1S/C22H26FNO3Si/c1-4-28(5-2,6-3)27-20-19(16-12-14-18(23)15-13-16)24(22(20)26)21(25)17-10-8-7-9-11-17/h7-15,19-20H,4-6H2,1-3H3. The van der Waals surface area contributed by atoms with Crippen molar-refractivity contribution in [2.24, 2.45) is 0 Å². The molecule has 2 aromatic carbocycles. The Hall–Kier alpha value is -2.31. The first kappa shape index (κ1) is 20.4. The van der Waals surface area contributed by atoms with E-state index in [1.54, 1.807) is 36.4 Å². The Morgan fingerprint density at radius 3 is 2.11 bits per heavy atom. The van der Waals surface area contributed by atoms with Gasteiger partial charge in [0, 0.05) is 5.56 Å². The van der Waals surface area contributed by atoms with Gasteiger partial charge in [0.1, 0.15) is 5.82 Å². The summed E-state index contributed by atoms with van der Waals surface area (Å²) >= 11 is 0. The predicted molar refractivity (Wildman–Crippen MR) is 109 cm³/mol. The molecule has 148 valence electrons. The average Bonchev–Trinajstić information content (AvgIpc) is 2.74. The zero-order valence-electron chi connectivity index (χ0n) is 16.5. The maximum Gasteiger partial charge on any atom is 0.261 e. The zero-order chi connectivity index (χ0) is 20.3. The molecule has 2 atom stereocenters. The molecule has 2 aromatic rings. The Morgan fingerprint density at radius 1 is 1.00 bits per heavy atom. The van der Waals surface area contributed by atoms with Crippen molar-refractivity contribution in [3.63, 3.8) is 0 Å². The highest BCUT2D eigenvalue weighted by molar-refractivity contribution is 6.73. The molecule has 28 heavy (non-hydrogen) atoms. The average molecular weight is 400 g/mol. The molecule has 0 saturated carbocycles. The van der Waals surface area contributed by atoms with Gasteiger partial charge in [-0.2, -0.15) is 0 Å². The van der Waals surface area contributed by atoms with E-state index in [2.05, 4.69) is 20.8 Å². The van der Waals surface area contributed by atoms with E-state index in [9.17, 15) is 14.0 Å². The third-order valence-corrected chi connectivity index (χ3v) is 10.4. The Balaban J connectivity index is 1.95. The number of imide groups is 1. The molecule has 1 aliphatic heterocycles.